The van der Waals surface area contributed by atoms with Crippen molar-refractivity contribution in [2.24, 2.45) is 0 Å². The fourth-order valence-corrected chi connectivity index (χ4v) is 5.00. The Balaban J connectivity index is 1.12. The molecular formula is C25H33ClN4S. The quantitative estimate of drug-likeness (QED) is 0.323. The minimum Gasteiger partial charge on any atom is -0.361 e. The highest BCUT2D eigenvalue weighted by atomic mass is 35.5. The molecule has 1 saturated heterocycles. The summed E-state index contributed by atoms with van der Waals surface area (Å²) >= 11 is 7.87. The lowest BCUT2D eigenvalue weighted by Crippen LogP contribution is -2.44. The minimum atomic E-state index is 0.796. The van der Waals surface area contributed by atoms with Gasteiger partial charge in [0.2, 0.25) is 0 Å². The van der Waals surface area contributed by atoms with Gasteiger partial charge in [-0.15, -0.1) is 0 Å². The van der Waals surface area contributed by atoms with E-state index in [-0.39, 0.29) is 0 Å². The second-order valence-corrected chi connectivity index (χ2v) is 9.90. The number of benzene rings is 2. The molecule has 0 amide bonds. The summed E-state index contributed by atoms with van der Waals surface area (Å²) in [6.45, 7) is 7.03. The van der Waals surface area contributed by atoms with Crippen molar-refractivity contribution in [1.29, 1.82) is 0 Å². The first-order valence-corrected chi connectivity index (χ1v) is 12.5. The second kappa shape index (κ2) is 11.4. The molecule has 31 heavy (non-hydrogen) atoms. The van der Waals surface area contributed by atoms with Crippen molar-refractivity contribution in [3.63, 3.8) is 0 Å². The van der Waals surface area contributed by atoms with Gasteiger partial charge in [0, 0.05) is 59.7 Å². The average Bonchev–Trinajstić information content (AvgIpc) is 3.18. The maximum Gasteiger partial charge on any atom is 0.0457 e. The van der Waals surface area contributed by atoms with E-state index in [2.05, 4.69) is 63.1 Å². The molecule has 1 aromatic heterocycles. The van der Waals surface area contributed by atoms with Crippen molar-refractivity contribution in [3.05, 3.63) is 64.8 Å². The van der Waals surface area contributed by atoms with Gasteiger partial charge in [0.15, 0.2) is 0 Å². The summed E-state index contributed by atoms with van der Waals surface area (Å²) in [6.07, 6.45) is 6.65. The summed E-state index contributed by atoms with van der Waals surface area (Å²) < 4.78 is 3.50. The van der Waals surface area contributed by atoms with Crippen molar-refractivity contribution in [1.82, 2.24) is 19.5 Å². The third-order valence-electron chi connectivity index (χ3n) is 6.10. The summed E-state index contributed by atoms with van der Waals surface area (Å²) in [5.74, 6) is 0. The average molecular weight is 457 g/mol. The fourth-order valence-electron chi connectivity index (χ4n) is 4.15. The molecule has 0 aliphatic carbocycles. The van der Waals surface area contributed by atoms with Gasteiger partial charge in [-0.25, -0.2) is 0 Å². The predicted molar refractivity (Wildman–Crippen MR) is 134 cm³/mol. The third kappa shape index (κ3) is 6.74. The van der Waals surface area contributed by atoms with E-state index < -0.39 is 0 Å². The summed E-state index contributed by atoms with van der Waals surface area (Å²) in [6, 6.07) is 15.1. The van der Waals surface area contributed by atoms with Gasteiger partial charge < -0.3 is 14.8 Å². The van der Waals surface area contributed by atoms with Gasteiger partial charge in [0.25, 0.3) is 0 Å². The first kappa shape index (κ1) is 22.7. The molecule has 0 saturated carbocycles. The largest absolute Gasteiger partial charge is 0.361 e. The zero-order chi connectivity index (χ0) is 21.5. The zero-order valence-electron chi connectivity index (χ0n) is 18.4. The predicted octanol–water partition coefficient (Wildman–Crippen LogP) is 5.23. The normalized spacial score (nSPS) is 15.7. The van der Waals surface area contributed by atoms with Gasteiger partial charge >= 0.3 is 0 Å². The Morgan fingerprint density at radius 1 is 1.00 bits per heavy atom. The van der Waals surface area contributed by atoms with Gasteiger partial charge in [-0.2, -0.15) is 0 Å². The molecule has 4 nitrogen and oxygen atoms in total. The number of fused-ring (bicyclic) bond motifs is 1. The van der Waals surface area contributed by atoms with Crippen LogP contribution in [0.2, 0.25) is 5.02 Å². The van der Waals surface area contributed by atoms with Gasteiger partial charge in [-0.1, -0.05) is 23.7 Å². The van der Waals surface area contributed by atoms with Crippen LogP contribution < -0.4 is 4.72 Å². The lowest BCUT2D eigenvalue weighted by Gasteiger charge is -2.32. The lowest BCUT2D eigenvalue weighted by atomic mass is 10.1. The summed E-state index contributed by atoms with van der Waals surface area (Å²) in [5, 5.41) is 2.04. The number of aromatic nitrogens is 1. The van der Waals surface area contributed by atoms with Crippen molar-refractivity contribution in [2.75, 3.05) is 46.3 Å². The number of likely N-dealkylation sites (N-methyl/N-ethyl adjacent to an activating group) is 1. The molecule has 0 radical (unpaired) electrons. The highest BCUT2D eigenvalue weighted by Gasteiger charge is 2.12. The molecule has 2 N–H and O–H groups in total. The smallest absolute Gasteiger partial charge is 0.0457 e. The Hall–Kier alpha value is -1.50. The Morgan fingerprint density at radius 2 is 1.81 bits per heavy atom. The number of piperazine rings is 1. The molecular weight excluding hydrogens is 424 g/mol. The maximum atomic E-state index is 6.15. The van der Waals surface area contributed by atoms with Crippen LogP contribution in [-0.2, 0) is 12.8 Å². The Labute approximate surface area is 195 Å². The molecule has 2 heterocycles. The molecule has 166 valence electrons. The lowest BCUT2D eigenvalue weighted by molar-refractivity contribution is 0.153. The van der Waals surface area contributed by atoms with E-state index in [1.165, 1.54) is 67.0 Å². The molecule has 0 bridgehead atoms. The van der Waals surface area contributed by atoms with E-state index in [1.54, 1.807) is 11.9 Å². The number of aromatic amines is 1. The van der Waals surface area contributed by atoms with Gasteiger partial charge in [-0.3, -0.25) is 4.72 Å². The van der Waals surface area contributed by atoms with E-state index in [1.807, 2.05) is 12.1 Å². The molecule has 0 atom stereocenters. The Bertz CT molecular complexity index is 948. The van der Waals surface area contributed by atoms with Gasteiger partial charge in [-0.05, 0) is 92.7 Å². The molecule has 6 heteroatoms. The highest BCUT2D eigenvalue weighted by molar-refractivity contribution is 7.97. The van der Waals surface area contributed by atoms with Crippen molar-refractivity contribution < 1.29 is 0 Å². The van der Waals surface area contributed by atoms with Crippen LogP contribution >= 0.6 is 23.5 Å². The summed E-state index contributed by atoms with van der Waals surface area (Å²) in [7, 11) is 2.21. The Kier molecular flexibility index (Phi) is 8.34. The van der Waals surface area contributed by atoms with Crippen molar-refractivity contribution in [3.8, 4) is 0 Å². The van der Waals surface area contributed by atoms with Crippen molar-refractivity contribution >= 4 is 34.5 Å². The maximum absolute atomic E-state index is 6.15. The van der Waals surface area contributed by atoms with Crippen LogP contribution in [0.15, 0.2) is 53.6 Å². The van der Waals surface area contributed by atoms with Gasteiger partial charge in [0.05, 0.1) is 0 Å². The van der Waals surface area contributed by atoms with E-state index in [0.29, 0.717) is 0 Å². The van der Waals surface area contributed by atoms with Gasteiger partial charge in [0.1, 0.15) is 0 Å². The number of hydrogen-bond donors (Lipinski definition) is 2. The topological polar surface area (TPSA) is 34.3 Å². The molecule has 0 spiro atoms. The van der Waals surface area contributed by atoms with E-state index in [4.69, 9.17) is 11.6 Å². The zero-order valence-corrected chi connectivity index (χ0v) is 19.9. The highest BCUT2D eigenvalue weighted by Crippen LogP contribution is 2.23. The molecule has 1 aliphatic rings. The number of nitrogens with one attached hydrogen (secondary N) is 2. The van der Waals surface area contributed by atoms with E-state index >= 15 is 0 Å². The number of hydrogen-bond acceptors (Lipinski definition) is 4. The molecule has 3 aromatic rings. The van der Waals surface area contributed by atoms with Crippen LogP contribution in [0.1, 0.15) is 24.0 Å². The SMILES string of the molecule is CN1CCN(CCCc2ccc(SNCCCc3c[nH]c4ccc(Cl)cc34)cc2)CC1. The summed E-state index contributed by atoms with van der Waals surface area (Å²) in [4.78, 5) is 9.62. The van der Waals surface area contributed by atoms with Crippen LogP contribution in [0.25, 0.3) is 10.9 Å². The van der Waals surface area contributed by atoms with E-state index in [9.17, 15) is 0 Å². The second-order valence-electron chi connectivity index (χ2n) is 8.50. The minimum absolute atomic E-state index is 0.796. The fraction of sp³-hybridized carbons (Fsp3) is 0.440. The molecule has 1 aliphatic heterocycles. The number of aryl methyl sites for hydroxylation is 2. The van der Waals surface area contributed by atoms with Crippen LogP contribution in [0, 0.1) is 0 Å². The van der Waals surface area contributed by atoms with E-state index in [0.717, 1.165) is 29.9 Å². The number of nitrogens with zero attached hydrogens (tertiary/aromatic N) is 2. The molecule has 2 aromatic carbocycles. The van der Waals surface area contributed by atoms with Crippen LogP contribution in [0.4, 0.5) is 0 Å². The standard InChI is InChI=1S/C25H33ClN4S/c1-29-14-16-30(17-15-29)13-3-4-20-6-9-23(10-7-20)31-28-12-2-5-21-19-27-25-11-8-22(26)18-24(21)25/h6-11,18-19,27-28H,2-5,12-17H2,1H3. The Morgan fingerprint density at radius 3 is 2.61 bits per heavy atom. The summed E-state index contributed by atoms with van der Waals surface area (Å²) in [5.41, 5.74) is 3.94. The monoisotopic (exact) mass is 456 g/mol. The first-order chi connectivity index (χ1) is 15.2. The number of rotatable bonds is 10. The van der Waals surface area contributed by atoms with Crippen LogP contribution in [0.3, 0.4) is 0 Å². The number of halogens is 1. The van der Waals surface area contributed by atoms with Crippen molar-refractivity contribution in [2.45, 2.75) is 30.6 Å². The number of H-pyrrole nitrogens is 1. The van der Waals surface area contributed by atoms with Crippen LogP contribution in [-0.4, -0.2) is 61.1 Å². The molecule has 1 fully saturated rings. The first-order valence-electron chi connectivity index (χ1n) is 11.3. The molecule has 4 rings (SSSR count). The van der Waals surface area contributed by atoms with Crippen LogP contribution in [0.5, 0.6) is 0 Å². The molecule has 0 unspecified atom stereocenters. The third-order valence-corrected chi connectivity index (χ3v) is 7.19.